The van der Waals surface area contributed by atoms with E-state index in [-0.39, 0.29) is 17.6 Å². The number of hydrogen-bond donors (Lipinski definition) is 1. The molecule has 148 valence electrons. The predicted molar refractivity (Wildman–Crippen MR) is 110 cm³/mol. The average Bonchev–Trinajstić information content (AvgIpc) is 2.73. The molecule has 0 spiro atoms. The smallest absolute Gasteiger partial charge is 0.223 e. The number of methoxy groups -OCH3 is 1. The number of ketones is 1. The molecule has 2 aromatic carbocycles. The Morgan fingerprint density at radius 3 is 2.29 bits per heavy atom. The fourth-order valence-electron chi connectivity index (χ4n) is 3.46. The Morgan fingerprint density at radius 2 is 1.68 bits per heavy atom. The van der Waals surface area contributed by atoms with E-state index in [2.05, 4.69) is 10.2 Å². The molecule has 3 rings (SSSR count). The van der Waals surface area contributed by atoms with Gasteiger partial charge in [0.2, 0.25) is 5.91 Å². The van der Waals surface area contributed by atoms with Gasteiger partial charge in [-0.3, -0.25) is 14.5 Å². The van der Waals surface area contributed by atoms with Crippen LogP contribution in [0.5, 0.6) is 5.75 Å². The van der Waals surface area contributed by atoms with Gasteiger partial charge in [0.05, 0.1) is 13.7 Å². The first kappa shape index (κ1) is 20.1. The van der Waals surface area contributed by atoms with Crippen molar-refractivity contribution >= 4 is 11.7 Å². The lowest BCUT2D eigenvalue weighted by molar-refractivity contribution is -0.126. The summed E-state index contributed by atoms with van der Waals surface area (Å²) in [7, 11) is 1.64. The third-order valence-corrected chi connectivity index (χ3v) is 5.32. The van der Waals surface area contributed by atoms with Crippen molar-refractivity contribution in [3.8, 4) is 5.75 Å². The lowest BCUT2D eigenvalue weighted by Gasteiger charge is -2.30. The van der Waals surface area contributed by atoms with E-state index >= 15 is 0 Å². The molecule has 5 nitrogen and oxygen atoms in total. The predicted octanol–water partition coefficient (Wildman–Crippen LogP) is 3.21. The molecule has 0 bridgehead atoms. The van der Waals surface area contributed by atoms with Crippen molar-refractivity contribution in [1.82, 2.24) is 10.2 Å². The highest BCUT2D eigenvalue weighted by atomic mass is 16.5. The van der Waals surface area contributed by atoms with Crippen LogP contribution in [0.4, 0.5) is 0 Å². The van der Waals surface area contributed by atoms with Gasteiger partial charge in [-0.2, -0.15) is 0 Å². The molecule has 1 aliphatic rings. The normalized spacial score (nSPS) is 15.2. The average molecular weight is 380 g/mol. The zero-order valence-electron chi connectivity index (χ0n) is 16.6. The first-order valence-electron chi connectivity index (χ1n) is 9.78. The van der Waals surface area contributed by atoms with Crippen molar-refractivity contribution < 1.29 is 14.3 Å². The molecule has 0 saturated carbocycles. The largest absolute Gasteiger partial charge is 0.497 e. The van der Waals surface area contributed by atoms with Crippen LogP contribution in [-0.4, -0.2) is 43.3 Å². The third-order valence-electron chi connectivity index (χ3n) is 5.32. The summed E-state index contributed by atoms with van der Waals surface area (Å²) in [6.07, 6.45) is 1.57. The fraction of sp³-hybridized carbons (Fsp3) is 0.391. The molecule has 28 heavy (non-hydrogen) atoms. The first-order chi connectivity index (χ1) is 13.5. The molecule has 2 aromatic rings. The molecule has 1 saturated heterocycles. The number of carbonyl (C=O) groups excluding carboxylic acids is 2. The number of ether oxygens (including phenoxy) is 1. The lowest BCUT2D eigenvalue weighted by Crippen LogP contribution is -2.42. The second kappa shape index (κ2) is 9.51. The van der Waals surface area contributed by atoms with Crippen LogP contribution in [0.2, 0.25) is 0 Å². The van der Waals surface area contributed by atoms with Gasteiger partial charge in [-0.25, -0.2) is 0 Å². The zero-order valence-corrected chi connectivity index (χ0v) is 16.6. The van der Waals surface area contributed by atoms with Crippen LogP contribution in [-0.2, 0) is 11.3 Å². The number of piperidine rings is 1. The van der Waals surface area contributed by atoms with Crippen molar-refractivity contribution in [3.05, 3.63) is 65.2 Å². The molecule has 5 heteroatoms. The van der Waals surface area contributed by atoms with Gasteiger partial charge in [-0.15, -0.1) is 0 Å². The van der Waals surface area contributed by atoms with E-state index in [4.69, 9.17) is 4.74 Å². The van der Waals surface area contributed by atoms with Gasteiger partial charge in [0.1, 0.15) is 5.75 Å². The topological polar surface area (TPSA) is 58.6 Å². The maximum atomic E-state index is 12.5. The highest BCUT2D eigenvalue weighted by Gasteiger charge is 2.25. The zero-order chi connectivity index (χ0) is 19.9. The van der Waals surface area contributed by atoms with Crippen LogP contribution in [0.15, 0.2) is 48.5 Å². The number of carbonyl (C=O) groups is 2. The molecule has 0 aromatic heterocycles. The third kappa shape index (κ3) is 5.42. The number of nitrogens with one attached hydrogen (secondary N) is 1. The number of amides is 1. The van der Waals surface area contributed by atoms with Crippen LogP contribution < -0.4 is 10.1 Å². The Kier molecular flexibility index (Phi) is 6.82. The molecule has 1 fully saturated rings. The number of rotatable bonds is 7. The van der Waals surface area contributed by atoms with Crippen molar-refractivity contribution in [2.75, 3.05) is 26.7 Å². The van der Waals surface area contributed by atoms with Crippen LogP contribution >= 0.6 is 0 Å². The van der Waals surface area contributed by atoms with Gasteiger partial charge in [0, 0.05) is 18.0 Å². The molecule has 1 amide bonds. The molecule has 1 aliphatic heterocycles. The summed E-state index contributed by atoms with van der Waals surface area (Å²) in [6, 6.07) is 15.4. The van der Waals surface area contributed by atoms with Gasteiger partial charge in [-0.1, -0.05) is 42.0 Å². The minimum absolute atomic E-state index is 0.0176. The number of likely N-dealkylation sites (tertiary alicyclic amines) is 1. The van der Waals surface area contributed by atoms with E-state index in [0.717, 1.165) is 48.4 Å². The van der Waals surface area contributed by atoms with E-state index < -0.39 is 0 Å². The maximum absolute atomic E-state index is 12.5. The molecular formula is C23H28N2O3. The second-order valence-electron chi connectivity index (χ2n) is 7.41. The summed E-state index contributed by atoms with van der Waals surface area (Å²) < 4.78 is 5.14. The van der Waals surface area contributed by atoms with Gasteiger partial charge in [0.15, 0.2) is 5.78 Å². The maximum Gasteiger partial charge on any atom is 0.223 e. The van der Waals surface area contributed by atoms with Crippen LogP contribution in [0.3, 0.4) is 0 Å². The Morgan fingerprint density at radius 1 is 1.04 bits per heavy atom. The summed E-state index contributed by atoms with van der Waals surface area (Å²) in [6.45, 7) is 4.51. The van der Waals surface area contributed by atoms with E-state index in [1.165, 1.54) is 0 Å². The first-order valence-corrected chi connectivity index (χ1v) is 9.78. The summed E-state index contributed by atoms with van der Waals surface area (Å²) >= 11 is 0. The van der Waals surface area contributed by atoms with E-state index in [0.29, 0.717) is 13.1 Å². The van der Waals surface area contributed by atoms with Crippen molar-refractivity contribution in [2.45, 2.75) is 26.3 Å². The summed E-state index contributed by atoms with van der Waals surface area (Å²) in [5.41, 5.74) is 2.96. The highest BCUT2D eigenvalue weighted by Crippen LogP contribution is 2.18. The van der Waals surface area contributed by atoms with Crippen LogP contribution in [0.1, 0.15) is 34.3 Å². The number of hydrogen-bond acceptors (Lipinski definition) is 4. The number of nitrogens with zero attached hydrogens (tertiary/aromatic N) is 1. The van der Waals surface area contributed by atoms with Crippen LogP contribution in [0, 0.1) is 12.8 Å². The van der Waals surface area contributed by atoms with Crippen molar-refractivity contribution in [3.63, 3.8) is 0 Å². The summed E-state index contributed by atoms with van der Waals surface area (Å²) in [5.74, 6) is 1.06. The Balaban J connectivity index is 1.42. The molecule has 0 atom stereocenters. The molecule has 1 N–H and O–H groups in total. The SMILES string of the molecule is COc1ccc(CNC(=O)C2CCN(CC(=O)c3ccc(C)cc3)CC2)cc1. The summed E-state index contributed by atoms with van der Waals surface area (Å²) in [4.78, 5) is 27.0. The molecule has 0 radical (unpaired) electrons. The number of aryl methyl sites for hydroxylation is 1. The fourth-order valence-corrected chi connectivity index (χ4v) is 3.46. The van der Waals surface area contributed by atoms with Gasteiger partial charge in [-0.05, 0) is 50.6 Å². The highest BCUT2D eigenvalue weighted by molar-refractivity contribution is 5.97. The standard InChI is InChI=1S/C23H28N2O3/c1-17-3-7-19(8-4-17)22(26)16-25-13-11-20(12-14-25)23(27)24-15-18-5-9-21(28-2)10-6-18/h3-10,20H,11-16H2,1-2H3,(H,24,27). The minimum Gasteiger partial charge on any atom is -0.497 e. The minimum atomic E-state index is 0.0176. The Bertz CT molecular complexity index is 792. The van der Waals surface area contributed by atoms with Crippen LogP contribution in [0.25, 0.3) is 0 Å². The van der Waals surface area contributed by atoms with Gasteiger partial charge >= 0.3 is 0 Å². The quantitative estimate of drug-likeness (QED) is 0.750. The molecular weight excluding hydrogens is 352 g/mol. The van der Waals surface area contributed by atoms with Gasteiger partial charge < -0.3 is 10.1 Å². The molecule has 0 unspecified atom stereocenters. The van der Waals surface area contributed by atoms with Gasteiger partial charge in [0.25, 0.3) is 0 Å². The number of Topliss-reactive ketones (excluding diaryl/α,β-unsaturated/α-hetero) is 1. The summed E-state index contributed by atoms with van der Waals surface area (Å²) in [5, 5.41) is 3.03. The Hall–Kier alpha value is -2.66. The lowest BCUT2D eigenvalue weighted by atomic mass is 9.95. The van der Waals surface area contributed by atoms with Crippen molar-refractivity contribution in [2.24, 2.45) is 5.92 Å². The van der Waals surface area contributed by atoms with E-state index in [1.54, 1.807) is 7.11 Å². The molecule has 1 heterocycles. The van der Waals surface area contributed by atoms with Crippen molar-refractivity contribution in [1.29, 1.82) is 0 Å². The van der Waals surface area contributed by atoms with E-state index in [9.17, 15) is 9.59 Å². The second-order valence-corrected chi connectivity index (χ2v) is 7.41. The monoisotopic (exact) mass is 380 g/mol. The van der Waals surface area contributed by atoms with E-state index in [1.807, 2.05) is 55.5 Å². The molecule has 0 aliphatic carbocycles. The Labute approximate surface area is 166 Å². The number of benzene rings is 2.